The van der Waals surface area contributed by atoms with Crippen LogP contribution in [0.15, 0.2) is 42.7 Å². The van der Waals surface area contributed by atoms with Gasteiger partial charge < -0.3 is 23.7 Å². The minimum absolute atomic E-state index is 0.118. The predicted molar refractivity (Wildman–Crippen MR) is 137 cm³/mol. The van der Waals surface area contributed by atoms with Gasteiger partial charge >= 0.3 is 0 Å². The van der Waals surface area contributed by atoms with E-state index in [2.05, 4.69) is 52.6 Å². The summed E-state index contributed by atoms with van der Waals surface area (Å²) in [5.41, 5.74) is 4.00. The first-order valence-electron chi connectivity index (χ1n) is 12.6. The van der Waals surface area contributed by atoms with Crippen molar-refractivity contribution in [3.63, 3.8) is 0 Å². The Morgan fingerprint density at radius 3 is 2.83 bits per heavy atom. The summed E-state index contributed by atoms with van der Waals surface area (Å²) in [6.45, 7) is 5.90. The van der Waals surface area contributed by atoms with Crippen LogP contribution in [-0.4, -0.2) is 45.3 Å². The van der Waals surface area contributed by atoms with Crippen LogP contribution in [0.1, 0.15) is 51.5 Å². The van der Waals surface area contributed by atoms with Crippen LogP contribution < -0.4 is 9.64 Å². The second-order valence-electron chi connectivity index (χ2n) is 10.4. The highest BCUT2D eigenvalue weighted by Crippen LogP contribution is 2.44. The number of hydrogen-bond donors (Lipinski definition) is 0. The van der Waals surface area contributed by atoms with Gasteiger partial charge in [0, 0.05) is 19.0 Å². The SMILES string of the molecule is CC1(C)O[C@@H]2CCCC[C@H]2N1c1nc2ccc(Cn3cnc4cc(OC5CCO5)ccc43)cc2s1. The third-order valence-electron chi connectivity index (χ3n) is 7.54. The molecule has 0 amide bonds. The fourth-order valence-electron chi connectivity index (χ4n) is 5.77. The molecule has 3 fully saturated rings. The summed E-state index contributed by atoms with van der Waals surface area (Å²) in [5.74, 6) is 0.806. The van der Waals surface area contributed by atoms with Gasteiger partial charge in [0.15, 0.2) is 5.13 Å². The Kier molecular flexibility index (Phi) is 5.05. The average molecular weight is 491 g/mol. The second kappa shape index (κ2) is 8.18. The zero-order chi connectivity index (χ0) is 23.6. The molecule has 4 heterocycles. The Hall–Kier alpha value is -2.68. The van der Waals surface area contributed by atoms with Gasteiger partial charge in [-0.15, -0.1) is 0 Å². The molecule has 7 nitrogen and oxygen atoms in total. The predicted octanol–water partition coefficient (Wildman–Crippen LogP) is 5.70. The summed E-state index contributed by atoms with van der Waals surface area (Å²) in [4.78, 5) is 12.1. The molecule has 7 rings (SSSR count). The zero-order valence-electron chi connectivity index (χ0n) is 20.1. The van der Waals surface area contributed by atoms with Crippen LogP contribution in [0.25, 0.3) is 21.3 Å². The lowest BCUT2D eigenvalue weighted by Crippen LogP contribution is -2.45. The van der Waals surface area contributed by atoms with E-state index in [1.807, 2.05) is 18.5 Å². The molecule has 2 aromatic heterocycles. The fraction of sp³-hybridized carbons (Fsp3) is 0.481. The van der Waals surface area contributed by atoms with Crippen LogP contribution in [0, 0.1) is 0 Å². The highest BCUT2D eigenvalue weighted by atomic mass is 32.1. The molecule has 0 N–H and O–H groups in total. The molecule has 1 unspecified atom stereocenters. The van der Waals surface area contributed by atoms with Crippen LogP contribution in [0.2, 0.25) is 0 Å². The highest BCUT2D eigenvalue weighted by molar-refractivity contribution is 7.22. The number of aromatic nitrogens is 3. The fourth-order valence-corrected chi connectivity index (χ4v) is 6.99. The number of fused-ring (bicyclic) bond motifs is 3. The van der Waals surface area contributed by atoms with Crippen LogP contribution in [-0.2, 0) is 16.0 Å². The molecule has 8 heteroatoms. The number of ether oxygens (including phenoxy) is 3. The molecule has 3 atom stereocenters. The van der Waals surface area contributed by atoms with E-state index in [0.29, 0.717) is 12.1 Å². The van der Waals surface area contributed by atoms with Crippen molar-refractivity contribution in [2.75, 3.05) is 11.5 Å². The molecule has 35 heavy (non-hydrogen) atoms. The maximum Gasteiger partial charge on any atom is 0.202 e. The van der Waals surface area contributed by atoms with Crippen molar-refractivity contribution >= 4 is 37.7 Å². The van der Waals surface area contributed by atoms with Gasteiger partial charge in [0.05, 0.1) is 46.3 Å². The first-order chi connectivity index (χ1) is 17.0. The van der Waals surface area contributed by atoms with Crippen LogP contribution in [0.5, 0.6) is 5.75 Å². The van der Waals surface area contributed by atoms with Gasteiger partial charge in [-0.3, -0.25) is 0 Å². The maximum atomic E-state index is 6.46. The van der Waals surface area contributed by atoms with E-state index in [4.69, 9.17) is 19.2 Å². The third-order valence-corrected chi connectivity index (χ3v) is 8.55. The third kappa shape index (κ3) is 3.79. The van der Waals surface area contributed by atoms with E-state index in [0.717, 1.165) is 53.4 Å². The molecular formula is C27H30N4O3S. The van der Waals surface area contributed by atoms with Crippen molar-refractivity contribution in [1.29, 1.82) is 0 Å². The van der Waals surface area contributed by atoms with Crippen molar-refractivity contribution in [3.05, 3.63) is 48.3 Å². The highest BCUT2D eigenvalue weighted by Gasteiger charge is 2.49. The number of anilines is 1. The van der Waals surface area contributed by atoms with Crippen molar-refractivity contribution in [2.24, 2.45) is 0 Å². The van der Waals surface area contributed by atoms with E-state index >= 15 is 0 Å². The van der Waals surface area contributed by atoms with E-state index in [1.165, 1.54) is 29.5 Å². The topological polar surface area (TPSA) is 61.6 Å². The molecular weight excluding hydrogens is 460 g/mol. The number of benzene rings is 2. The van der Waals surface area contributed by atoms with Crippen LogP contribution >= 0.6 is 11.3 Å². The van der Waals surface area contributed by atoms with Crippen LogP contribution in [0.3, 0.4) is 0 Å². The summed E-state index contributed by atoms with van der Waals surface area (Å²) in [5, 5.41) is 1.08. The first-order valence-corrected chi connectivity index (χ1v) is 13.4. The summed E-state index contributed by atoms with van der Waals surface area (Å²) < 4.78 is 21.1. The summed E-state index contributed by atoms with van der Waals surface area (Å²) in [6.07, 6.45) is 7.93. The number of nitrogens with zero attached hydrogens (tertiary/aromatic N) is 4. The number of thiazole rings is 1. The van der Waals surface area contributed by atoms with Crippen molar-refractivity contribution in [3.8, 4) is 5.75 Å². The van der Waals surface area contributed by atoms with Crippen LogP contribution in [0.4, 0.5) is 5.13 Å². The maximum absolute atomic E-state index is 6.46. The van der Waals surface area contributed by atoms with E-state index in [1.54, 1.807) is 11.3 Å². The van der Waals surface area contributed by atoms with E-state index < -0.39 is 0 Å². The summed E-state index contributed by atoms with van der Waals surface area (Å²) >= 11 is 1.78. The molecule has 4 aromatic rings. The summed E-state index contributed by atoms with van der Waals surface area (Å²) in [7, 11) is 0. The van der Waals surface area contributed by atoms with Gasteiger partial charge in [0.25, 0.3) is 0 Å². The van der Waals surface area contributed by atoms with E-state index in [-0.39, 0.29) is 12.0 Å². The standard InChI is InChI=1S/C27H30N4O3S/c1-27(2)31(22-5-3-4-6-23(22)34-27)26-29-19-9-7-17(13-24(19)35-26)15-30-16-28-20-14-18(8-10-21(20)30)33-25-11-12-32-25/h7-10,13-14,16,22-23,25H,3-6,11-12,15H2,1-2H3/t22-,23-,25?/m1/s1. The average Bonchev–Trinajstić information content (AvgIpc) is 3.47. The lowest BCUT2D eigenvalue weighted by molar-refractivity contribution is -0.165. The normalized spacial score (nSPS) is 25.7. The quantitative estimate of drug-likeness (QED) is 0.357. The Labute approximate surface area is 208 Å². The molecule has 0 spiro atoms. The van der Waals surface area contributed by atoms with Gasteiger partial charge in [0.2, 0.25) is 6.29 Å². The molecule has 0 bridgehead atoms. The van der Waals surface area contributed by atoms with Gasteiger partial charge in [-0.25, -0.2) is 9.97 Å². The number of imidazole rings is 1. The number of rotatable bonds is 5. The lowest BCUT2D eigenvalue weighted by atomic mass is 9.92. The van der Waals surface area contributed by atoms with Crippen molar-refractivity contribution < 1.29 is 14.2 Å². The van der Waals surface area contributed by atoms with Gasteiger partial charge in [0.1, 0.15) is 11.5 Å². The number of hydrogen-bond acceptors (Lipinski definition) is 7. The van der Waals surface area contributed by atoms with Crippen molar-refractivity contribution in [2.45, 2.75) is 76.7 Å². The Morgan fingerprint density at radius 1 is 1.09 bits per heavy atom. The molecule has 2 saturated heterocycles. The minimum Gasteiger partial charge on any atom is -0.465 e. The molecule has 182 valence electrons. The first kappa shape index (κ1) is 21.6. The molecule has 2 aromatic carbocycles. The molecule has 3 aliphatic rings. The lowest BCUT2D eigenvalue weighted by Gasteiger charge is -2.34. The summed E-state index contributed by atoms with van der Waals surface area (Å²) in [6, 6.07) is 13.1. The molecule has 0 radical (unpaired) electrons. The molecule has 1 aliphatic carbocycles. The Bertz CT molecular complexity index is 1390. The van der Waals surface area contributed by atoms with Crippen molar-refractivity contribution in [1.82, 2.24) is 14.5 Å². The monoisotopic (exact) mass is 490 g/mol. The van der Waals surface area contributed by atoms with Gasteiger partial charge in [-0.1, -0.05) is 30.2 Å². The van der Waals surface area contributed by atoms with Gasteiger partial charge in [-0.2, -0.15) is 0 Å². The Morgan fingerprint density at radius 2 is 1.97 bits per heavy atom. The van der Waals surface area contributed by atoms with Gasteiger partial charge in [-0.05, 0) is 56.5 Å². The smallest absolute Gasteiger partial charge is 0.202 e. The minimum atomic E-state index is -0.320. The largest absolute Gasteiger partial charge is 0.465 e. The second-order valence-corrected chi connectivity index (χ2v) is 11.4. The Balaban J connectivity index is 1.15. The molecule has 1 saturated carbocycles. The molecule has 2 aliphatic heterocycles. The zero-order valence-corrected chi connectivity index (χ0v) is 21.0. The van der Waals surface area contributed by atoms with E-state index in [9.17, 15) is 0 Å².